The zero-order valence-corrected chi connectivity index (χ0v) is 10.2. The van der Waals surface area contributed by atoms with Gasteiger partial charge in [0.25, 0.3) is 0 Å². The van der Waals surface area contributed by atoms with Gasteiger partial charge in [0.05, 0.1) is 0 Å². The van der Waals surface area contributed by atoms with Crippen LogP contribution >= 0.6 is 0 Å². The van der Waals surface area contributed by atoms with E-state index < -0.39 is 0 Å². The van der Waals surface area contributed by atoms with Crippen molar-refractivity contribution in [2.24, 2.45) is 11.8 Å². The highest BCUT2D eigenvalue weighted by Gasteiger charge is 2.13. The maximum absolute atomic E-state index is 2.42. The summed E-state index contributed by atoms with van der Waals surface area (Å²) in [7, 11) is 0. The van der Waals surface area contributed by atoms with E-state index in [9.17, 15) is 0 Å². The first-order chi connectivity index (χ1) is 6.83. The molecule has 1 fully saturated rings. The molecule has 1 aliphatic rings. The van der Waals surface area contributed by atoms with Crippen molar-refractivity contribution in [2.45, 2.75) is 78.1 Å². The van der Waals surface area contributed by atoms with Crippen LogP contribution in [0, 0.1) is 11.8 Å². The van der Waals surface area contributed by atoms with E-state index in [1.807, 2.05) is 0 Å². The molecule has 0 N–H and O–H groups in total. The Hall–Kier alpha value is 0. The van der Waals surface area contributed by atoms with E-state index in [0.29, 0.717) is 0 Å². The van der Waals surface area contributed by atoms with Crippen molar-refractivity contribution in [1.29, 1.82) is 0 Å². The second kappa shape index (κ2) is 7.31. The van der Waals surface area contributed by atoms with E-state index in [4.69, 9.17) is 0 Å². The van der Waals surface area contributed by atoms with Crippen LogP contribution in [0.25, 0.3) is 0 Å². The molecule has 1 rings (SSSR count). The van der Waals surface area contributed by atoms with Gasteiger partial charge in [0, 0.05) is 0 Å². The maximum Gasteiger partial charge on any atom is -0.0414 e. The van der Waals surface area contributed by atoms with Crippen molar-refractivity contribution >= 4 is 0 Å². The molecule has 84 valence electrons. The van der Waals surface area contributed by atoms with Crippen LogP contribution in [-0.2, 0) is 0 Å². The molecular formula is C14H28. The quantitative estimate of drug-likeness (QED) is 0.549. The smallest absolute Gasteiger partial charge is 0.0414 e. The van der Waals surface area contributed by atoms with Gasteiger partial charge in [-0.3, -0.25) is 0 Å². The minimum Gasteiger partial charge on any atom is -0.0654 e. The molecule has 0 aromatic heterocycles. The van der Waals surface area contributed by atoms with Gasteiger partial charge < -0.3 is 0 Å². The average molecular weight is 196 g/mol. The summed E-state index contributed by atoms with van der Waals surface area (Å²) in [5.41, 5.74) is 0. The molecule has 0 nitrogen and oxygen atoms in total. The summed E-state index contributed by atoms with van der Waals surface area (Å²) in [4.78, 5) is 0. The van der Waals surface area contributed by atoms with Gasteiger partial charge in [-0.15, -0.1) is 0 Å². The molecule has 0 aromatic carbocycles. The third-order valence-electron chi connectivity index (χ3n) is 3.82. The summed E-state index contributed by atoms with van der Waals surface area (Å²) in [6, 6.07) is 0. The van der Waals surface area contributed by atoms with E-state index >= 15 is 0 Å². The molecule has 0 heterocycles. The summed E-state index contributed by atoms with van der Waals surface area (Å²) < 4.78 is 0. The molecule has 1 unspecified atom stereocenters. The molecule has 1 saturated carbocycles. The van der Waals surface area contributed by atoms with Gasteiger partial charge in [0.2, 0.25) is 0 Å². The van der Waals surface area contributed by atoms with Crippen molar-refractivity contribution < 1.29 is 0 Å². The Morgan fingerprint density at radius 1 is 1.07 bits per heavy atom. The van der Waals surface area contributed by atoms with Crippen LogP contribution in [0.15, 0.2) is 0 Å². The molecule has 0 bridgehead atoms. The van der Waals surface area contributed by atoms with Gasteiger partial charge >= 0.3 is 0 Å². The van der Waals surface area contributed by atoms with Crippen LogP contribution in [0.1, 0.15) is 78.1 Å². The number of rotatable bonds is 6. The van der Waals surface area contributed by atoms with Gasteiger partial charge in [-0.25, -0.2) is 0 Å². The van der Waals surface area contributed by atoms with Crippen molar-refractivity contribution in [3.63, 3.8) is 0 Å². The Balaban J connectivity index is 1.96. The van der Waals surface area contributed by atoms with Crippen LogP contribution < -0.4 is 0 Å². The summed E-state index contributed by atoms with van der Waals surface area (Å²) >= 11 is 0. The highest BCUT2D eigenvalue weighted by atomic mass is 14.2. The standard InChI is InChI=1S/C14H28/c1-3-8-13(2)9-7-12-14-10-5-4-6-11-14/h13-14H,3-12H2,1-2H3. The summed E-state index contributed by atoms with van der Waals surface area (Å²) in [6.07, 6.45) is 14.9. The lowest BCUT2D eigenvalue weighted by Gasteiger charge is -2.21. The second-order valence-electron chi connectivity index (χ2n) is 5.33. The minimum absolute atomic E-state index is 0.976. The monoisotopic (exact) mass is 196 g/mol. The van der Waals surface area contributed by atoms with E-state index in [1.165, 1.54) is 64.2 Å². The van der Waals surface area contributed by atoms with E-state index in [1.54, 1.807) is 0 Å². The zero-order valence-electron chi connectivity index (χ0n) is 10.2. The summed E-state index contributed by atoms with van der Waals surface area (Å²) in [5, 5.41) is 0. The van der Waals surface area contributed by atoms with Crippen molar-refractivity contribution in [3.05, 3.63) is 0 Å². The maximum atomic E-state index is 2.42. The highest BCUT2D eigenvalue weighted by molar-refractivity contribution is 4.66. The molecule has 0 saturated heterocycles. The molecule has 1 atom stereocenters. The van der Waals surface area contributed by atoms with Crippen LogP contribution in [0.5, 0.6) is 0 Å². The molecule has 0 spiro atoms. The average Bonchev–Trinajstić information content (AvgIpc) is 2.20. The van der Waals surface area contributed by atoms with Crippen LogP contribution in [0.3, 0.4) is 0 Å². The molecule has 1 aliphatic carbocycles. The lowest BCUT2D eigenvalue weighted by Crippen LogP contribution is -2.06. The first-order valence-corrected chi connectivity index (χ1v) is 6.83. The topological polar surface area (TPSA) is 0 Å². The van der Waals surface area contributed by atoms with Gasteiger partial charge in [-0.2, -0.15) is 0 Å². The Morgan fingerprint density at radius 3 is 2.43 bits per heavy atom. The first kappa shape index (κ1) is 12.1. The van der Waals surface area contributed by atoms with Crippen molar-refractivity contribution in [2.75, 3.05) is 0 Å². The lowest BCUT2D eigenvalue weighted by atomic mass is 9.85. The Kier molecular flexibility index (Phi) is 6.31. The van der Waals surface area contributed by atoms with Crippen LogP contribution in [0.2, 0.25) is 0 Å². The predicted octanol–water partition coefficient (Wildman–Crippen LogP) is 5.17. The Morgan fingerprint density at radius 2 is 1.79 bits per heavy atom. The normalized spacial score (nSPS) is 21.0. The van der Waals surface area contributed by atoms with Gasteiger partial charge in [0.1, 0.15) is 0 Å². The molecule has 0 aliphatic heterocycles. The lowest BCUT2D eigenvalue weighted by molar-refractivity contribution is 0.318. The number of hydrogen-bond acceptors (Lipinski definition) is 0. The summed E-state index contributed by atoms with van der Waals surface area (Å²) in [5.74, 6) is 2.07. The van der Waals surface area contributed by atoms with Crippen LogP contribution in [-0.4, -0.2) is 0 Å². The molecule has 0 amide bonds. The minimum atomic E-state index is 0.976. The third-order valence-corrected chi connectivity index (χ3v) is 3.82. The first-order valence-electron chi connectivity index (χ1n) is 6.83. The van der Waals surface area contributed by atoms with Crippen LogP contribution in [0.4, 0.5) is 0 Å². The fraction of sp³-hybridized carbons (Fsp3) is 1.00. The molecule has 0 aromatic rings. The zero-order chi connectivity index (χ0) is 10.2. The second-order valence-corrected chi connectivity index (χ2v) is 5.33. The SMILES string of the molecule is CCCC(C)CCCC1CCCCC1. The van der Waals surface area contributed by atoms with E-state index in [-0.39, 0.29) is 0 Å². The Labute approximate surface area is 90.5 Å². The predicted molar refractivity (Wildman–Crippen MR) is 64.5 cm³/mol. The van der Waals surface area contributed by atoms with Crippen molar-refractivity contribution in [3.8, 4) is 0 Å². The largest absolute Gasteiger partial charge is 0.0654 e. The summed E-state index contributed by atoms with van der Waals surface area (Å²) in [6.45, 7) is 4.72. The molecule has 14 heavy (non-hydrogen) atoms. The molecular weight excluding hydrogens is 168 g/mol. The fourth-order valence-corrected chi connectivity index (χ4v) is 2.87. The van der Waals surface area contributed by atoms with Gasteiger partial charge in [-0.1, -0.05) is 78.1 Å². The third kappa shape index (κ3) is 5.02. The van der Waals surface area contributed by atoms with Gasteiger partial charge in [-0.05, 0) is 11.8 Å². The highest BCUT2D eigenvalue weighted by Crippen LogP contribution is 2.28. The fourth-order valence-electron chi connectivity index (χ4n) is 2.87. The van der Waals surface area contributed by atoms with E-state index in [0.717, 1.165) is 11.8 Å². The Bertz CT molecular complexity index is 122. The molecule has 0 radical (unpaired) electrons. The number of hydrogen-bond donors (Lipinski definition) is 0. The van der Waals surface area contributed by atoms with Gasteiger partial charge in [0.15, 0.2) is 0 Å². The van der Waals surface area contributed by atoms with E-state index in [2.05, 4.69) is 13.8 Å². The molecule has 0 heteroatoms. The van der Waals surface area contributed by atoms with Crippen molar-refractivity contribution in [1.82, 2.24) is 0 Å².